The van der Waals surface area contributed by atoms with E-state index in [0.29, 0.717) is 6.61 Å². The minimum atomic E-state index is 0.265. The van der Waals surface area contributed by atoms with Crippen molar-refractivity contribution in [2.24, 2.45) is 0 Å². The highest BCUT2D eigenvalue weighted by Crippen LogP contribution is 2.23. The van der Waals surface area contributed by atoms with Gasteiger partial charge in [0.25, 0.3) is 0 Å². The van der Waals surface area contributed by atoms with Gasteiger partial charge in [0.2, 0.25) is 5.95 Å². The summed E-state index contributed by atoms with van der Waals surface area (Å²) in [6.07, 6.45) is 0. The Bertz CT molecular complexity index is 793. The molecule has 1 aromatic carbocycles. The van der Waals surface area contributed by atoms with Gasteiger partial charge in [-0.25, -0.2) is 9.38 Å². The number of fused-ring (bicyclic) bond motifs is 3. The standard InChI is InChI=1S/C15H19N5O/c1-9(2)16-15-17-12-6-5-10(3)7-11(12)14-19-18-13(8-21-4)20(14)15/h5-7,9H,8H2,1-4H3,(H,16,17). The maximum absolute atomic E-state index is 5.21. The molecule has 2 heterocycles. The van der Waals surface area contributed by atoms with Crippen LogP contribution < -0.4 is 5.32 Å². The molecule has 0 saturated heterocycles. The Morgan fingerprint density at radius 2 is 2.10 bits per heavy atom. The SMILES string of the molecule is COCc1nnc2c3cc(C)ccc3nc(NC(C)C)n12. The third kappa shape index (κ3) is 2.42. The molecule has 0 aliphatic carbocycles. The Labute approximate surface area is 123 Å². The van der Waals surface area contributed by atoms with Crippen LogP contribution in [0.15, 0.2) is 18.2 Å². The lowest BCUT2D eigenvalue weighted by molar-refractivity contribution is 0.177. The third-order valence-corrected chi connectivity index (χ3v) is 3.25. The average Bonchev–Trinajstić information content (AvgIpc) is 2.84. The summed E-state index contributed by atoms with van der Waals surface area (Å²) >= 11 is 0. The number of aryl methyl sites for hydroxylation is 1. The van der Waals surface area contributed by atoms with Gasteiger partial charge in [-0.05, 0) is 32.9 Å². The van der Waals surface area contributed by atoms with Crippen LogP contribution in [0.4, 0.5) is 5.95 Å². The van der Waals surface area contributed by atoms with Gasteiger partial charge in [0, 0.05) is 18.5 Å². The lowest BCUT2D eigenvalue weighted by Crippen LogP contribution is -2.15. The zero-order valence-corrected chi connectivity index (χ0v) is 12.7. The normalized spacial score (nSPS) is 11.7. The van der Waals surface area contributed by atoms with Crippen LogP contribution in [0.25, 0.3) is 16.6 Å². The predicted molar refractivity (Wildman–Crippen MR) is 82.5 cm³/mol. The summed E-state index contributed by atoms with van der Waals surface area (Å²) in [5.74, 6) is 1.49. The van der Waals surface area contributed by atoms with Crippen molar-refractivity contribution in [2.75, 3.05) is 12.4 Å². The molecule has 1 N–H and O–H groups in total. The molecule has 0 saturated carbocycles. The summed E-state index contributed by atoms with van der Waals surface area (Å²) in [6.45, 7) is 6.61. The molecule has 110 valence electrons. The van der Waals surface area contributed by atoms with Gasteiger partial charge >= 0.3 is 0 Å². The highest BCUT2D eigenvalue weighted by atomic mass is 16.5. The quantitative estimate of drug-likeness (QED) is 0.798. The average molecular weight is 285 g/mol. The summed E-state index contributed by atoms with van der Waals surface area (Å²) in [5.41, 5.74) is 2.89. The largest absolute Gasteiger partial charge is 0.377 e. The van der Waals surface area contributed by atoms with Crippen LogP contribution in [-0.4, -0.2) is 32.7 Å². The lowest BCUT2D eigenvalue weighted by atomic mass is 10.1. The minimum absolute atomic E-state index is 0.265. The maximum atomic E-state index is 5.21. The summed E-state index contributed by atoms with van der Waals surface area (Å²) < 4.78 is 7.15. The van der Waals surface area contributed by atoms with E-state index in [1.165, 1.54) is 5.56 Å². The van der Waals surface area contributed by atoms with E-state index in [2.05, 4.69) is 48.4 Å². The number of rotatable bonds is 4. The Kier molecular flexibility index (Phi) is 3.47. The Morgan fingerprint density at radius 3 is 2.81 bits per heavy atom. The molecule has 0 atom stereocenters. The van der Waals surface area contributed by atoms with Crippen molar-refractivity contribution in [3.05, 3.63) is 29.6 Å². The highest BCUT2D eigenvalue weighted by Gasteiger charge is 2.15. The number of methoxy groups -OCH3 is 1. The summed E-state index contributed by atoms with van der Waals surface area (Å²) in [4.78, 5) is 4.72. The van der Waals surface area contributed by atoms with Crippen molar-refractivity contribution >= 4 is 22.5 Å². The first-order chi connectivity index (χ1) is 10.1. The fourth-order valence-corrected chi connectivity index (χ4v) is 2.38. The van der Waals surface area contributed by atoms with Gasteiger partial charge in [-0.1, -0.05) is 11.6 Å². The second kappa shape index (κ2) is 5.29. The van der Waals surface area contributed by atoms with Gasteiger partial charge < -0.3 is 10.1 Å². The molecule has 2 aromatic heterocycles. The predicted octanol–water partition coefficient (Wildman–Crippen LogP) is 2.55. The zero-order valence-electron chi connectivity index (χ0n) is 12.7. The summed E-state index contributed by atoms with van der Waals surface area (Å²) in [6, 6.07) is 6.42. The topological polar surface area (TPSA) is 64.3 Å². The van der Waals surface area contributed by atoms with Crippen molar-refractivity contribution in [1.82, 2.24) is 19.6 Å². The van der Waals surface area contributed by atoms with Gasteiger partial charge in [-0.15, -0.1) is 10.2 Å². The van der Waals surface area contributed by atoms with Crippen LogP contribution in [0.2, 0.25) is 0 Å². The number of benzene rings is 1. The number of aromatic nitrogens is 4. The van der Waals surface area contributed by atoms with Crippen LogP contribution in [0, 0.1) is 6.92 Å². The molecule has 6 heteroatoms. The van der Waals surface area contributed by atoms with Crippen molar-refractivity contribution in [1.29, 1.82) is 0 Å². The number of ether oxygens (including phenoxy) is 1. The molecular formula is C15H19N5O. The van der Waals surface area contributed by atoms with Crippen LogP contribution in [0.1, 0.15) is 25.2 Å². The fourth-order valence-electron chi connectivity index (χ4n) is 2.38. The molecule has 0 aliphatic heterocycles. The molecule has 0 spiro atoms. The van der Waals surface area contributed by atoms with Crippen molar-refractivity contribution < 1.29 is 4.74 Å². The minimum Gasteiger partial charge on any atom is -0.377 e. The first-order valence-corrected chi connectivity index (χ1v) is 7.00. The van der Waals surface area contributed by atoms with Crippen LogP contribution in [0.3, 0.4) is 0 Å². The van der Waals surface area contributed by atoms with E-state index in [1.54, 1.807) is 7.11 Å². The Morgan fingerprint density at radius 1 is 1.29 bits per heavy atom. The Balaban J connectivity index is 2.35. The van der Waals surface area contributed by atoms with Crippen LogP contribution >= 0.6 is 0 Å². The van der Waals surface area contributed by atoms with Gasteiger partial charge in [0.15, 0.2) is 11.5 Å². The number of nitrogens with one attached hydrogen (secondary N) is 1. The van der Waals surface area contributed by atoms with E-state index in [-0.39, 0.29) is 6.04 Å². The van der Waals surface area contributed by atoms with Gasteiger partial charge in [-0.2, -0.15) is 0 Å². The van der Waals surface area contributed by atoms with Crippen LogP contribution in [0.5, 0.6) is 0 Å². The van der Waals surface area contributed by atoms with Gasteiger partial charge in [0.05, 0.1) is 5.52 Å². The molecule has 0 bridgehead atoms. The molecule has 0 aliphatic rings. The number of nitrogens with zero attached hydrogens (tertiary/aromatic N) is 4. The van der Waals surface area contributed by atoms with E-state index >= 15 is 0 Å². The lowest BCUT2D eigenvalue weighted by Gasteiger charge is -2.13. The molecule has 0 fully saturated rings. The van der Waals surface area contributed by atoms with E-state index in [9.17, 15) is 0 Å². The summed E-state index contributed by atoms with van der Waals surface area (Å²) in [7, 11) is 1.65. The molecule has 0 amide bonds. The van der Waals surface area contributed by atoms with E-state index in [0.717, 1.165) is 28.3 Å². The zero-order chi connectivity index (χ0) is 15.0. The first-order valence-electron chi connectivity index (χ1n) is 7.00. The molecular weight excluding hydrogens is 266 g/mol. The smallest absolute Gasteiger partial charge is 0.211 e. The van der Waals surface area contributed by atoms with Gasteiger partial charge in [0.1, 0.15) is 6.61 Å². The van der Waals surface area contributed by atoms with E-state index < -0.39 is 0 Å². The van der Waals surface area contributed by atoms with Crippen LogP contribution in [-0.2, 0) is 11.3 Å². The third-order valence-electron chi connectivity index (χ3n) is 3.25. The van der Waals surface area contributed by atoms with E-state index in [1.807, 2.05) is 10.5 Å². The molecule has 6 nitrogen and oxygen atoms in total. The second-order valence-corrected chi connectivity index (χ2v) is 5.46. The summed E-state index contributed by atoms with van der Waals surface area (Å²) in [5, 5.41) is 12.9. The second-order valence-electron chi connectivity index (χ2n) is 5.46. The van der Waals surface area contributed by atoms with E-state index in [4.69, 9.17) is 9.72 Å². The monoisotopic (exact) mass is 285 g/mol. The van der Waals surface area contributed by atoms with Crippen molar-refractivity contribution in [3.8, 4) is 0 Å². The number of hydrogen-bond acceptors (Lipinski definition) is 5. The molecule has 3 aromatic rings. The van der Waals surface area contributed by atoms with Crippen molar-refractivity contribution in [2.45, 2.75) is 33.4 Å². The number of hydrogen-bond donors (Lipinski definition) is 1. The molecule has 0 unspecified atom stereocenters. The Hall–Kier alpha value is -2.21. The van der Waals surface area contributed by atoms with Gasteiger partial charge in [-0.3, -0.25) is 0 Å². The number of anilines is 1. The maximum Gasteiger partial charge on any atom is 0.211 e. The fraction of sp³-hybridized carbons (Fsp3) is 0.400. The molecule has 3 rings (SSSR count). The highest BCUT2D eigenvalue weighted by molar-refractivity contribution is 5.92. The molecule has 21 heavy (non-hydrogen) atoms. The molecule has 0 radical (unpaired) electrons. The first kappa shape index (κ1) is 13.8. The van der Waals surface area contributed by atoms with Crippen molar-refractivity contribution in [3.63, 3.8) is 0 Å².